The number of nitrogens with two attached hydrogens (primary N) is 1. The van der Waals surface area contributed by atoms with E-state index in [1.54, 1.807) is 42.6 Å². The van der Waals surface area contributed by atoms with Gasteiger partial charge in [0.2, 0.25) is 5.91 Å². The van der Waals surface area contributed by atoms with Crippen LogP contribution in [-0.2, 0) is 9.59 Å². The number of amides is 2. The average molecular weight is 650 g/mol. The van der Waals surface area contributed by atoms with Crippen molar-refractivity contribution in [1.29, 1.82) is 0 Å². The summed E-state index contributed by atoms with van der Waals surface area (Å²) in [5.41, 5.74) is 9.10. The van der Waals surface area contributed by atoms with Gasteiger partial charge in [0, 0.05) is 39.9 Å². The van der Waals surface area contributed by atoms with Crippen LogP contribution in [0.3, 0.4) is 0 Å². The van der Waals surface area contributed by atoms with Crippen molar-refractivity contribution in [3.05, 3.63) is 106 Å². The lowest BCUT2D eigenvalue weighted by atomic mass is 10.0. The van der Waals surface area contributed by atoms with E-state index in [2.05, 4.69) is 10.5 Å². The van der Waals surface area contributed by atoms with Gasteiger partial charge in [-0.3, -0.25) is 9.59 Å². The van der Waals surface area contributed by atoms with E-state index in [1.807, 2.05) is 63.2 Å². The van der Waals surface area contributed by atoms with Gasteiger partial charge in [-0.05, 0) is 48.2 Å². The van der Waals surface area contributed by atoms with Gasteiger partial charge < -0.3 is 20.5 Å². The van der Waals surface area contributed by atoms with Gasteiger partial charge in [0.25, 0.3) is 5.91 Å². The third kappa shape index (κ3) is 9.21. The second-order valence-corrected chi connectivity index (χ2v) is 11.7. The minimum absolute atomic E-state index is 0.00576. The average Bonchev–Trinajstić information content (AvgIpc) is 3.53. The van der Waals surface area contributed by atoms with Gasteiger partial charge in [-0.25, -0.2) is 0 Å². The highest BCUT2D eigenvalue weighted by atomic mass is 35.5. The molecule has 0 fully saturated rings. The van der Waals surface area contributed by atoms with Crippen LogP contribution >= 0.6 is 46.4 Å². The first-order valence-corrected chi connectivity index (χ1v) is 14.7. The summed E-state index contributed by atoms with van der Waals surface area (Å²) in [5.74, 6) is -0.287. The number of hydrogen-bond donors (Lipinski definition) is 2. The fourth-order valence-electron chi connectivity index (χ4n) is 3.92. The number of rotatable bonds is 9. The lowest BCUT2D eigenvalue weighted by Gasteiger charge is -2.31. The Morgan fingerprint density at radius 2 is 1.60 bits per heavy atom. The number of benzene rings is 3. The minimum Gasteiger partial charge on any atom is -0.356 e. The van der Waals surface area contributed by atoms with Crippen molar-refractivity contribution in [2.45, 2.75) is 37.7 Å². The quantitative estimate of drug-likeness (QED) is 0.182. The summed E-state index contributed by atoms with van der Waals surface area (Å²) in [6.07, 6.45) is 1.54. The molecular formula is C31H32Cl4N4O3. The smallest absolute Gasteiger partial charge is 0.260 e. The number of hydrogen-bond acceptors (Lipinski definition) is 5. The highest BCUT2D eigenvalue weighted by molar-refractivity contribution is 6.54. The molecule has 0 aliphatic rings. The molecule has 4 aromatic rings. The summed E-state index contributed by atoms with van der Waals surface area (Å²) in [5, 5.41) is 8.15. The number of alkyl halides is 2. The molecule has 11 heteroatoms. The van der Waals surface area contributed by atoms with Crippen LogP contribution in [0.2, 0.25) is 10.0 Å². The molecular weight excluding hydrogens is 618 g/mol. The Hall–Kier alpha value is -3.07. The maximum Gasteiger partial charge on any atom is 0.260 e. The maximum absolute atomic E-state index is 12.9. The number of anilines is 1. The van der Waals surface area contributed by atoms with Gasteiger partial charge in [-0.15, -0.1) is 0 Å². The number of nitrogens with zero attached hydrogens (tertiary/aromatic N) is 2. The molecule has 2 amide bonds. The Kier molecular flexibility index (Phi) is 12.7. The van der Waals surface area contributed by atoms with Crippen LogP contribution in [-0.4, -0.2) is 34.4 Å². The van der Waals surface area contributed by atoms with E-state index in [4.69, 9.17) is 56.7 Å². The topological polar surface area (TPSA) is 101 Å². The van der Waals surface area contributed by atoms with E-state index >= 15 is 0 Å². The maximum atomic E-state index is 12.9. The summed E-state index contributed by atoms with van der Waals surface area (Å²) in [7, 11) is 0. The molecule has 3 aromatic carbocycles. The zero-order chi connectivity index (χ0) is 30.8. The van der Waals surface area contributed by atoms with Crippen molar-refractivity contribution in [1.82, 2.24) is 10.5 Å². The van der Waals surface area contributed by atoms with Crippen LogP contribution < -0.4 is 16.0 Å². The Balaban J connectivity index is 0.000000458. The number of nitrogens with one attached hydrogen (secondary N) is 1. The predicted octanol–water partition coefficient (Wildman–Crippen LogP) is 7.62. The number of halogens is 4. The second kappa shape index (κ2) is 16.0. The van der Waals surface area contributed by atoms with Gasteiger partial charge in [0.1, 0.15) is 6.04 Å². The lowest BCUT2D eigenvalue weighted by molar-refractivity contribution is -0.124. The fourth-order valence-corrected chi connectivity index (χ4v) is 4.55. The minimum atomic E-state index is -1.27. The van der Waals surface area contributed by atoms with Crippen molar-refractivity contribution < 1.29 is 14.1 Å². The second-order valence-electron chi connectivity index (χ2n) is 9.77. The van der Waals surface area contributed by atoms with Crippen LogP contribution in [0.25, 0.3) is 11.3 Å². The SMILES string of the molecule is CC(C)C(CN(C(=O)C(Cl)Cl)c1cccc(-c2ccno2)c1)NC(=O)C(N)c1ccccc1.Cc1c(Cl)cccc1Cl. The van der Waals surface area contributed by atoms with Crippen molar-refractivity contribution >= 4 is 63.9 Å². The van der Waals surface area contributed by atoms with Gasteiger partial charge >= 0.3 is 0 Å². The van der Waals surface area contributed by atoms with E-state index in [1.165, 1.54) is 4.90 Å². The summed E-state index contributed by atoms with van der Waals surface area (Å²) >= 11 is 23.4. The summed E-state index contributed by atoms with van der Waals surface area (Å²) in [4.78, 5) is 26.0. The van der Waals surface area contributed by atoms with E-state index in [0.717, 1.165) is 21.2 Å². The Labute approximate surface area is 265 Å². The molecule has 1 aromatic heterocycles. The van der Waals surface area contributed by atoms with Crippen LogP contribution in [0, 0.1) is 12.8 Å². The van der Waals surface area contributed by atoms with E-state index < -0.39 is 22.8 Å². The van der Waals surface area contributed by atoms with Gasteiger partial charge in [0.05, 0.1) is 6.20 Å². The van der Waals surface area contributed by atoms with Gasteiger partial charge in [-0.2, -0.15) is 0 Å². The van der Waals surface area contributed by atoms with Crippen molar-refractivity contribution in [3.63, 3.8) is 0 Å². The molecule has 222 valence electrons. The van der Waals surface area contributed by atoms with Crippen LogP contribution in [0.1, 0.15) is 31.0 Å². The van der Waals surface area contributed by atoms with E-state index in [0.29, 0.717) is 17.0 Å². The van der Waals surface area contributed by atoms with Crippen molar-refractivity contribution in [2.75, 3.05) is 11.4 Å². The first kappa shape index (κ1) is 33.4. The zero-order valence-electron chi connectivity index (χ0n) is 23.3. The summed E-state index contributed by atoms with van der Waals surface area (Å²) in [6, 6.07) is 22.2. The molecule has 0 saturated heterocycles. The Morgan fingerprint density at radius 1 is 0.952 bits per heavy atom. The molecule has 1 heterocycles. The molecule has 2 atom stereocenters. The Bertz CT molecular complexity index is 1430. The molecule has 0 aliphatic heterocycles. The summed E-state index contributed by atoms with van der Waals surface area (Å²) < 4.78 is 5.23. The zero-order valence-corrected chi connectivity index (χ0v) is 26.3. The standard InChI is InChI=1S/C24H26Cl2N4O3.C7H6Cl2/c1-15(2)19(29-23(31)21(27)16-7-4-3-5-8-16)14-30(24(32)22(25)26)18-10-6-9-17(13-18)20-11-12-28-33-20;1-5-6(8)3-2-4-7(5)9/h3-13,15,19,21-22H,14,27H2,1-2H3,(H,29,31);2-4H,1H3. The molecule has 0 saturated carbocycles. The number of carbonyl (C=O) groups is 2. The molecule has 0 spiro atoms. The highest BCUT2D eigenvalue weighted by Crippen LogP contribution is 2.27. The molecule has 3 N–H and O–H groups in total. The van der Waals surface area contributed by atoms with Crippen LogP contribution in [0.5, 0.6) is 0 Å². The van der Waals surface area contributed by atoms with Crippen LogP contribution in [0.4, 0.5) is 5.69 Å². The third-order valence-electron chi connectivity index (χ3n) is 6.49. The molecule has 4 rings (SSSR count). The third-order valence-corrected chi connectivity index (χ3v) is 7.68. The lowest BCUT2D eigenvalue weighted by Crippen LogP contribution is -2.51. The highest BCUT2D eigenvalue weighted by Gasteiger charge is 2.29. The fraction of sp³-hybridized carbons (Fsp3) is 0.258. The van der Waals surface area contributed by atoms with E-state index in [-0.39, 0.29) is 18.4 Å². The van der Waals surface area contributed by atoms with Crippen molar-refractivity contribution in [3.8, 4) is 11.3 Å². The molecule has 0 aliphatic carbocycles. The monoisotopic (exact) mass is 648 g/mol. The first-order valence-electron chi connectivity index (χ1n) is 13.1. The van der Waals surface area contributed by atoms with E-state index in [9.17, 15) is 9.59 Å². The molecule has 2 unspecified atom stereocenters. The molecule has 0 radical (unpaired) electrons. The predicted molar refractivity (Wildman–Crippen MR) is 171 cm³/mol. The van der Waals surface area contributed by atoms with Crippen LogP contribution in [0.15, 0.2) is 89.6 Å². The molecule has 42 heavy (non-hydrogen) atoms. The van der Waals surface area contributed by atoms with Gasteiger partial charge in [-0.1, -0.05) is 114 Å². The normalized spacial score (nSPS) is 12.3. The number of carbonyl (C=O) groups excluding carboxylic acids is 2. The van der Waals surface area contributed by atoms with Crippen molar-refractivity contribution in [2.24, 2.45) is 11.7 Å². The largest absolute Gasteiger partial charge is 0.356 e. The Morgan fingerprint density at radius 3 is 2.14 bits per heavy atom. The first-order chi connectivity index (χ1) is 20.0. The van der Waals surface area contributed by atoms with Gasteiger partial charge in [0.15, 0.2) is 10.6 Å². The summed E-state index contributed by atoms with van der Waals surface area (Å²) in [6.45, 7) is 5.95. The molecule has 0 bridgehead atoms. The molecule has 7 nitrogen and oxygen atoms in total. The number of aromatic nitrogens is 1.